The summed E-state index contributed by atoms with van der Waals surface area (Å²) < 4.78 is 0. The molecular formula is C16H17NS2. The molecule has 0 aliphatic carbocycles. The lowest BCUT2D eigenvalue weighted by Crippen LogP contribution is -2.16. The highest BCUT2D eigenvalue weighted by Gasteiger charge is 2.28. The number of thioether (sulfide) groups is 2. The van der Waals surface area contributed by atoms with Gasteiger partial charge >= 0.3 is 0 Å². The van der Waals surface area contributed by atoms with Crippen LogP contribution in [0.15, 0.2) is 70.5 Å². The summed E-state index contributed by atoms with van der Waals surface area (Å²) in [7, 11) is 0. The molecule has 19 heavy (non-hydrogen) atoms. The van der Waals surface area contributed by atoms with Crippen LogP contribution in [0.1, 0.15) is 0 Å². The maximum absolute atomic E-state index is 3.52. The zero-order valence-electron chi connectivity index (χ0n) is 10.7. The first-order valence-electron chi connectivity index (χ1n) is 6.56. The van der Waals surface area contributed by atoms with Gasteiger partial charge in [-0.2, -0.15) is 0 Å². The molecule has 0 saturated carbocycles. The van der Waals surface area contributed by atoms with Crippen LogP contribution in [0.4, 0.5) is 0 Å². The molecule has 1 saturated heterocycles. The SMILES string of the molecule is c1ccc(S[C@@H]2CNC[C@H]2Sc2ccccc2)cc1. The normalized spacial score (nSPS) is 22.5. The summed E-state index contributed by atoms with van der Waals surface area (Å²) in [5.74, 6) is 0. The smallest absolute Gasteiger partial charge is 0.0354 e. The van der Waals surface area contributed by atoms with Crippen molar-refractivity contribution in [3.8, 4) is 0 Å². The maximum Gasteiger partial charge on any atom is 0.0354 e. The molecule has 1 nitrogen and oxygen atoms in total. The van der Waals surface area contributed by atoms with Gasteiger partial charge in [0.25, 0.3) is 0 Å². The molecule has 0 aromatic heterocycles. The molecule has 2 atom stereocenters. The van der Waals surface area contributed by atoms with Gasteiger partial charge in [-0.3, -0.25) is 0 Å². The van der Waals surface area contributed by atoms with Crippen LogP contribution in [0.25, 0.3) is 0 Å². The average molecular weight is 287 g/mol. The molecule has 2 aromatic rings. The Hall–Kier alpha value is -0.900. The highest BCUT2D eigenvalue weighted by molar-refractivity contribution is 8.04. The van der Waals surface area contributed by atoms with Gasteiger partial charge in [-0.05, 0) is 24.3 Å². The van der Waals surface area contributed by atoms with Gasteiger partial charge in [0.2, 0.25) is 0 Å². The first-order valence-corrected chi connectivity index (χ1v) is 8.32. The fourth-order valence-electron chi connectivity index (χ4n) is 2.21. The molecule has 1 aliphatic rings. The minimum atomic E-state index is 0.646. The number of hydrogen-bond donors (Lipinski definition) is 1. The molecule has 98 valence electrons. The predicted octanol–water partition coefficient (Wildman–Crippen LogP) is 3.91. The van der Waals surface area contributed by atoms with E-state index in [1.54, 1.807) is 0 Å². The van der Waals surface area contributed by atoms with Gasteiger partial charge < -0.3 is 5.32 Å². The van der Waals surface area contributed by atoms with Gasteiger partial charge in [0, 0.05) is 33.4 Å². The van der Waals surface area contributed by atoms with Crippen LogP contribution in [0, 0.1) is 0 Å². The second-order valence-corrected chi connectivity index (χ2v) is 7.22. The zero-order valence-corrected chi connectivity index (χ0v) is 12.3. The molecule has 0 bridgehead atoms. The van der Waals surface area contributed by atoms with Crippen molar-refractivity contribution in [2.75, 3.05) is 13.1 Å². The summed E-state index contributed by atoms with van der Waals surface area (Å²) in [5.41, 5.74) is 0. The van der Waals surface area contributed by atoms with Crippen molar-refractivity contribution in [2.24, 2.45) is 0 Å². The quantitative estimate of drug-likeness (QED) is 0.915. The van der Waals surface area contributed by atoms with Crippen LogP contribution in [-0.4, -0.2) is 23.6 Å². The standard InChI is InChI=1S/C16H17NS2/c1-3-7-13(8-4-1)18-15-11-17-12-16(15)19-14-9-5-2-6-10-14/h1-10,15-17H,11-12H2/t15-,16-/m1/s1. The third kappa shape index (κ3) is 3.56. The van der Waals surface area contributed by atoms with E-state index < -0.39 is 0 Å². The van der Waals surface area contributed by atoms with Gasteiger partial charge in [0.05, 0.1) is 0 Å². The first-order chi connectivity index (χ1) is 9.42. The molecule has 2 aromatic carbocycles. The fourth-order valence-corrected chi connectivity index (χ4v) is 4.77. The van der Waals surface area contributed by atoms with Crippen LogP contribution in [0.5, 0.6) is 0 Å². The van der Waals surface area contributed by atoms with Gasteiger partial charge in [0.15, 0.2) is 0 Å². The maximum atomic E-state index is 3.52. The number of nitrogens with one attached hydrogen (secondary N) is 1. The molecular weight excluding hydrogens is 270 g/mol. The molecule has 3 rings (SSSR count). The predicted molar refractivity (Wildman–Crippen MR) is 85.0 cm³/mol. The van der Waals surface area contributed by atoms with Gasteiger partial charge in [0.1, 0.15) is 0 Å². The van der Waals surface area contributed by atoms with E-state index in [9.17, 15) is 0 Å². The van der Waals surface area contributed by atoms with Crippen molar-refractivity contribution in [2.45, 2.75) is 20.3 Å². The van der Waals surface area contributed by atoms with Crippen LogP contribution >= 0.6 is 23.5 Å². The van der Waals surface area contributed by atoms with Crippen molar-refractivity contribution in [1.29, 1.82) is 0 Å². The Labute approximate surface area is 123 Å². The van der Waals surface area contributed by atoms with E-state index >= 15 is 0 Å². The van der Waals surface area contributed by atoms with E-state index in [4.69, 9.17) is 0 Å². The molecule has 1 heterocycles. The lowest BCUT2D eigenvalue weighted by molar-refractivity contribution is 0.860. The van der Waals surface area contributed by atoms with Crippen molar-refractivity contribution < 1.29 is 0 Å². The highest BCUT2D eigenvalue weighted by atomic mass is 32.2. The number of hydrogen-bond acceptors (Lipinski definition) is 3. The number of benzene rings is 2. The van der Waals surface area contributed by atoms with Gasteiger partial charge in [-0.15, -0.1) is 23.5 Å². The Morgan fingerprint density at radius 1 is 0.684 bits per heavy atom. The summed E-state index contributed by atoms with van der Waals surface area (Å²) in [6.45, 7) is 2.20. The molecule has 0 unspecified atom stereocenters. The van der Waals surface area contributed by atoms with Crippen molar-refractivity contribution in [3.63, 3.8) is 0 Å². The van der Waals surface area contributed by atoms with Crippen molar-refractivity contribution in [1.82, 2.24) is 5.32 Å². The summed E-state index contributed by atoms with van der Waals surface area (Å²) in [6.07, 6.45) is 0. The second kappa shape index (κ2) is 6.51. The molecule has 1 aliphatic heterocycles. The van der Waals surface area contributed by atoms with E-state index in [1.165, 1.54) is 9.79 Å². The summed E-state index contributed by atoms with van der Waals surface area (Å²) in [4.78, 5) is 2.74. The van der Waals surface area contributed by atoms with Crippen LogP contribution in [0.3, 0.4) is 0 Å². The van der Waals surface area contributed by atoms with Crippen LogP contribution < -0.4 is 5.32 Å². The second-order valence-electron chi connectivity index (χ2n) is 4.60. The van der Waals surface area contributed by atoms with Crippen molar-refractivity contribution in [3.05, 3.63) is 60.7 Å². The number of rotatable bonds is 4. The van der Waals surface area contributed by atoms with Crippen LogP contribution in [0.2, 0.25) is 0 Å². The van der Waals surface area contributed by atoms with Crippen molar-refractivity contribution >= 4 is 23.5 Å². The Morgan fingerprint density at radius 3 is 1.53 bits per heavy atom. The fraction of sp³-hybridized carbons (Fsp3) is 0.250. The van der Waals surface area contributed by atoms with Crippen LogP contribution in [-0.2, 0) is 0 Å². The Morgan fingerprint density at radius 2 is 1.11 bits per heavy atom. The van der Waals surface area contributed by atoms with Gasteiger partial charge in [-0.1, -0.05) is 36.4 Å². The molecule has 1 fully saturated rings. The topological polar surface area (TPSA) is 12.0 Å². The van der Waals surface area contributed by atoms with Gasteiger partial charge in [-0.25, -0.2) is 0 Å². The van der Waals surface area contributed by atoms with E-state index in [1.807, 2.05) is 23.5 Å². The molecule has 0 spiro atoms. The monoisotopic (exact) mass is 287 g/mol. The molecule has 0 radical (unpaired) electrons. The summed E-state index contributed by atoms with van der Waals surface area (Å²) in [6, 6.07) is 21.4. The van der Waals surface area contributed by atoms with E-state index in [0.29, 0.717) is 10.5 Å². The molecule has 0 amide bonds. The third-order valence-electron chi connectivity index (χ3n) is 3.17. The lowest BCUT2D eigenvalue weighted by Gasteiger charge is -2.17. The summed E-state index contributed by atoms with van der Waals surface area (Å²) >= 11 is 3.99. The minimum Gasteiger partial charge on any atom is -0.314 e. The molecule has 1 N–H and O–H groups in total. The Balaban J connectivity index is 1.65. The Kier molecular flexibility index (Phi) is 4.49. The summed E-state index contributed by atoms with van der Waals surface area (Å²) in [5, 5.41) is 4.81. The average Bonchev–Trinajstić information content (AvgIpc) is 2.88. The lowest BCUT2D eigenvalue weighted by atomic mass is 10.3. The Bertz CT molecular complexity index is 453. The molecule has 3 heteroatoms. The van der Waals surface area contributed by atoms with E-state index in [-0.39, 0.29) is 0 Å². The van der Waals surface area contributed by atoms with E-state index in [2.05, 4.69) is 66.0 Å². The van der Waals surface area contributed by atoms with E-state index in [0.717, 1.165) is 13.1 Å². The largest absolute Gasteiger partial charge is 0.314 e. The highest BCUT2D eigenvalue weighted by Crippen LogP contribution is 2.35. The minimum absolute atomic E-state index is 0.646. The first kappa shape index (κ1) is 13.1. The third-order valence-corrected chi connectivity index (χ3v) is 6.02. The zero-order chi connectivity index (χ0) is 12.9.